The average Bonchev–Trinajstić information content (AvgIpc) is 2.27. The van der Waals surface area contributed by atoms with Crippen LogP contribution in [0.2, 0.25) is 5.02 Å². The Kier molecular flexibility index (Phi) is 6.89. The van der Waals surface area contributed by atoms with Crippen LogP contribution in [-0.2, 0) is 21.1 Å². The molecule has 0 aliphatic rings. The molecule has 0 aliphatic heterocycles. The fraction of sp³-hybridized carbons (Fsp3) is 0.364. The quantitative estimate of drug-likeness (QED) is 0.592. The Bertz CT molecular complexity index is 542. The van der Waals surface area contributed by atoms with Crippen molar-refractivity contribution in [3.63, 3.8) is 0 Å². The number of carbonyl (C=O) groups excluding carboxylic acids is 1. The molecule has 94 valence electrons. The van der Waals surface area contributed by atoms with E-state index >= 15 is 0 Å². The summed E-state index contributed by atoms with van der Waals surface area (Å²) in [4.78, 5) is 10.5. The number of carbonyl (C=O) groups is 1. The molecule has 18 heavy (non-hydrogen) atoms. The first-order chi connectivity index (χ1) is 7.80. The molecule has 0 aliphatic carbocycles. The van der Waals surface area contributed by atoms with Gasteiger partial charge < -0.3 is 9.90 Å². The van der Waals surface area contributed by atoms with Crippen LogP contribution < -0.4 is 34.7 Å². The minimum absolute atomic E-state index is 0. The van der Waals surface area contributed by atoms with Gasteiger partial charge in [-0.3, -0.25) is 0 Å². The smallest absolute Gasteiger partial charge is 0.549 e. The number of carboxylic acid groups (broad SMARTS) is 1. The number of sulfone groups is 1. The topological polar surface area (TPSA) is 74.3 Å². The van der Waals surface area contributed by atoms with Crippen LogP contribution in [0.5, 0.6) is 0 Å². The molecule has 1 aromatic carbocycles. The van der Waals surface area contributed by atoms with Gasteiger partial charge in [0.15, 0.2) is 9.84 Å². The summed E-state index contributed by atoms with van der Waals surface area (Å²) in [6, 6.07) is 4.21. The van der Waals surface area contributed by atoms with E-state index in [0.29, 0.717) is 11.4 Å². The van der Waals surface area contributed by atoms with E-state index in [9.17, 15) is 18.3 Å². The van der Waals surface area contributed by atoms with E-state index in [4.69, 9.17) is 11.6 Å². The van der Waals surface area contributed by atoms with Crippen molar-refractivity contribution < 1.29 is 47.9 Å². The largest absolute Gasteiger partial charge is 1.00 e. The SMILES string of the molecule is CCc1ccc(S(=O)(=O)C(C)C(=O)[O-])cc1Cl.[Na+]. The van der Waals surface area contributed by atoms with E-state index in [1.54, 1.807) is 6.07 Å². The monoisotopic (exact) mass is 298 g/mol. The minimum atomic E-state index is -3.93. The molecule has 7 heteroatoms. The zero-order chi connectivity index (χ0) is 13.2. The Morgan fingerprint density at radius 1 is 1.44 bits per heavy atom. The molecule has 4 nitrogen and oxygen atoms in total. The van der Waals surface area contributed by atoms with Gasteiger partial charge in [0.05, 0.1) is 10.9 Å². The first-order valence-corrected chi connectivity index (χ1v) is 6.96. The van der Waals surface area contributed by atoms with E-state index in [-0.39, 0.29) is 34.5 Å². The third kappa shape index (κ3) is 3.71. The van der Waals surface area contributed by atoms with Crippen molar-refractivity contribution in [1.29, 1.82) is 0 Å². The van der Waals surface area contributed by atoms with Crippen LogP contribution in [0.25, 0.3) is 0 Å². The van der Waals surface area contributed by atoms with Crippen LogP contribution in [0.4, 0.5) is 0 Å². The molecule has 1 unspecified atom stereocenters. The molecule has 1 aromatic rings. The zero-order valence-corrected chi connectivity index (χ0v) is 14.0. The number of hydrogen-bond donors (Lipinski definition) is 0. The van der Waals surface area contributed by atoms with Gasteiger partial charge in [-0.25, -0.2) is 8.42 Å². The number of rotatable bonds is 4. The van der Waals surface area contributed by atoms with Crippen LogP contribution in [-0.4, -0.2) is 19.6 Å². The van der Waals surface area contributed by atoms with Gasteiger partial charge in [0.25, 0.3) is 0 Å². The van der Waals surface area contributed by atoms with E-state index in [2.05, 4.69) is 0 Å². The molecule has 0 saturated heterocycles. The molecule has 0 N–H and O–H groups in total. The Hall–Kier alpha value is -0.0700. The number of aryl methyl sites for hydroxylation is 1. The molecular formula is C11H12ClNaO4S. The van der Waals surface area contributed by atoms with Crippen LogP contribution in [0, 0.1) is 0 Å². The van der Waals surface area contributed by atoms with Crippen molar-refractivity contribution in [2.45, 2.75) is 30.4 Å². The maximum atomic E-state index is 11.8. The summed E-state index contributed by atoms with van der Waals surface area (Å²) in [6.45, 7) is 2.96. The number of carboxylic acids is 1. The maximum absolute atomic E-state index is 11.8. The van der Waals surface area contributed by atoms with Crippen molar-refractivity contribution in [3.05, 3.63) is 28.8 Å². The molecule has 0 aromatic heterocycles. The average molecular weight is 299 g/mol. The molecule has 1 atom stereocenters. The number of benzene rings is 1. The zero-order valence-electron chi connectivity index (χ0n) is 10.4. The third-order valence-electron chi connectivity index (χ3n) is 2.53. The van der Waals surface area contributed by atoms with E-state index in [0.717, 1.165) is 12.5 Å². The van der Waals surface area contributed by atoms with Crippen molar-refractivity contribution in [2.24, 2.45) is 0 Å². The van der Waals surface area contributed by atoms with Gasteiger partial charge in [0.2, 0.25) is 0 Å². The predicted molar refractivity (Wildman–Crippen MR) is 62.5 cm³/mol. The van der Waals surface area contributed by atoms with E-state index in [1.165, 1.54) is 12.1 Å². The molecule has 0 amide bonds. The standard InChI is InChI=1S/C11H13ClO4S.Na/c1-3-8-4-5-9(6-10(8)12)17(15,16)7(2)11(13)14;/h4-7H,3H2,1-2H3,(H,13,14);/q;+1/p-1. The summed E-state index contributed by atoms with van der Waals surface area (Å²) in [5.41, 5.74) is 0.812. The second kappa shape index (κ2) is 6.91. The maximum Gasteiger partial charge on any atom is 1.00 e. The van der Waals surface area contributed by atoms with Gasteiger partial charge in [0.1, 0.15) is 5.25 Å². The first-order valence-electron chi connectivity index (χ1n) is 5.04. The molecule has 0 spiro atoms. The first kappa shape index (κ1) is 17.9. The van der Waals surface area contributed by atoms with Gasteiger partial charge in [0, 0.05) is 5.02 Å². The van der Waals surface area contributed by atoms with Crippen molar-refractivity contribution in [2.75, 3.05) is 0 Å². The van der Waals surface area contributed by atoms with Crippen LogP contribution in [0.1, 0.15) is 19.4 Å². The summed E-state index contributed by atoms with van der Waals surface area (Å²) in [6.07, 6.45) is 0.676. The normalized spacial score (nSPS) is 12.6. The van der Waals surface area contributed by atoms with Crippen molar-refractivity contribution in [3.8, 4) is 0 Å². The predicted octanol–water partition coefficient (Wildman–Crippen LogP) is -2.18. The van der Waals surface area contributed by atoms with Crippen LogP contribution >= 0.6 is 11.6 Å². The van der Waals surface area contributed by atoms with Gasteiger partial charge in [-0.2, -0.15) is 0 Å². The molecular weight excluding hydrogens is 287 g/mol. The Labute approximate surface area is 134 Å². The molecule has 1 rings (SSSR count). The van der Waals surface area contributed by atoms with Crippen LogP contribution in [0.3, 0.4) is 0 Å². The van der Waals surface area contributed by atoms with Gasteiger partial charge in [-0.1, -0.05) is 24.6 Å². The second-order valence-electron chi connectivity index (χ2n) is 3.61. The minimum Gasteiger partial charge on any atom is -0.549 e. The molecule has 0 bridgehead atoms. The van der Waals surface area contributed by atoms with Gasteiger partial charge in [-0.15, -0.1) is 0 Å². The Balaban J connectivity index is 0.00000289. The summed E-state index contributed by atoms with van der Waals surface area (Å²) < 4.78 is 23.7. The number of hydrogen-bond acceptors (Lipinski definition) is 4. The summed E-state index contributed by atoms with van der Waals surface area (Å²) in [5, 5.41) is 9.33. The van der Waals surface area contributed by atoms with Crippen molar-refractivity contribution >= 4 is 27.4 Å². The van der Waals surface area contributed by atoms with Crippen LogP contribution in [0.15, 0.2) is 23.1 Å². The Morgan fingerprint density at radius 3 is 2.39 bits per heavy atom. The van der Waals surface area contributed by atoms with E-state index in [1.807, 2.05) is 6.92 Å². The van der Waals surface area contributed by atoms with Gasteiger partial charge in [-0.05, 0) is 31.0 Å². The van der Waals surface area contributed by atoms with E-state index < -0.39 is 21.1 Å². The molecule has 0 saturated carbocycles. The number of aliphatic carboxylic acids is 1. The summed E-state index contributed by atoms with van der Waals surface area (Å²) in [7, 11) is -3.93. The number of halogens is 1. The second-order valence-corrected chi connectivity index (χ2v) is 6.29. The van der Waals surface area contributed by atoms with Gasteiger partial charge >= 0.3 is 29.6 Å². The molecule has 0 radical (unpaired) electrons. The summed E-state index contributed by atoms with van der Waals surface area (Å²) in [5.74, 6) is -1.62. The summed E-state index contributed by atoms with van der Waals surface area (Å²) >= 11 is 5.89. The molecule has 0 fully saturated rings. The Morgan fingerprint density at radius 2 is 2.00 bits per heavy atom. The molecule has 0 heterocycles. The fourth-order valence-electron chi connectivity index (χ4n) is 1.32. The third-order valence-corrected chi connectivity index (χ3v) is 4.92. The van der Waals surface area contributed by atoms with Crippen molar-refractivity contribution in [1.82, 2.24) is 0 Å². The fourth-order valence-corrected chi connectivity index (χ4v) is 2.90.